The lowest BCUT2D eigenvalue weighted by Crippen LogP contribution is -2.53. The van der Waals surface area contributed by atoms with Gasteiger partial charge in [-0.15, -0.1) is 0 Å². The molecule has 1 aromatic carbocycles. The Balaban J connectivity index is 1.59. The van der Waals surface area contributed by atoms with Gasteiger partial charge >= 0.3 is 0 Å². The fourth-order valence-corrected chi connectivity index (χ4v) is 3.49. The van der Waals surface area contributed by atoms with E-state index in [4.69, 9.17) is 16.3 Å². The molecule has 2 unspecified atom stereocenters. The molecule has 1 saturated heterocycles. The lowest BCUT2D eigenvalue weighted by Gasteiger charge is -2.44. The Morgan fingerprint density at radius 1 is 1.13 bits per heavy atom. The number of halogens is 1. The Bertz CT molecular complexity index is 702. The van der Waals surface area contributed by atoms with Gasteiger partial charge in [0.1, 0.15) is 0 Å². The van der Waals surface area contributed by atoms with E-state index in [1.54, 1.807) is 0 Å². The number of rotatable bonds is 3. The van der Waals surface area contributed by atoms with Crippen molar-refractivity contribution in [2.45, 2.75) is 25.0 Å². The maximum Gasteiger partial charge on any atom is 0.222 e. The Morgan fingerprint density at radius 3 is 2.65 bits per heavy atom. The largest absolute Gasteiger partial charge is 0.378 e. The number of ether oxygens (including phenoxy) is 1. The van der Waals surface area contributed by atoms with Crippen molar-refractivity contribution in [2.75, 3.05) is 13.2 Å². The van der Waals surface area contributed by atoms with E-state index in [0.717, 1.165) is 31.7 Å². The predicted octanol–water partition coefficient (Wildman–Crippen LogP) is 3.19. The minimum atomic E-state index is 0.291. The van der Waals surface area contributed by atoms with E-state index >= 15 is 0 Å². The Kier molecular flexibility index (Phi) is 4.12. The van der Waals surface area contributed by atoms with Crippen LogP contribution in [0.1, 0.15) is 17.5 Å². The summed E-state index contributed by atoms with van der Waals surface area (Å²) >= 11 is 5.79. The molecule has 1 fully saturated rings. The second-order valence-electron chi connectivity index (χ2n) is 6.05. The van der Waals surface area contributed by atoms with Crippen LogP contribution in [0.2, 0.25) is 5.28 Å². The number of fused-ring (bicyclic) bond motifs is 2. The lowest BCUT2D eigenvalue weighted by molar-refractivity contribution is -0.0402. The molecule has 118 valence electrons. The van der Waals surface area contributed by atoms with Crippen LogP contribution < -0.4 is 0 Å². The fourth-order valence-electron chi connectivity index (χ4n) is 3.39. The first-order chi connectivity index (χ1) is 11.3. The number of nitrogens with zero attached hydrogens (tertiary/aromatic N) is 3. The summed E-state index contributed by atoms with van der Waals surface area (Å²) in [7, 11) is 0. The summed E-state index contributed by atoms with van der Waals surface area (Å²) < 4.78 is 5.77. The van der Waals surface area contributed by atoms with Crippen molar-refractivity contribution in [2.24, 2.45) is 0 Å². The lowest BCUT2D eigenvalue weighted by atomic mass is 9.90. The van der Waals surface area contributed by atoms with E-state index in [0.29, 0.717) is 17.4 Å². The van der Waals surface area contributed by atoms with Crippen LogP contribution in [0.15, 0.2) is 48.8 Å². The number of aromatic nitrogens is 2. The molecule has 0 amide bonds. The number of benzene rings is 1. The third-order valence-corrected chi connectivity index (χ3v) is 4.74. The molecule has 23 heavy (non-hydrogen) atoms. The van der Waals surface area contributed by atoms with Crippen LogP contribution in [0.3, 0.4) is 0 Å². The average molecular weight is 328 g/mol. The smallest absolute Gasteiger partial charge is 0.222 e. The predicted molar refractivity (Wildman–Crippen MR) is 90.0 cm³/mol. The highest BCUT2D eigenvalue weighted by molar-refractivity contribution is 6.28. The highest BCUT2D eigenvalue weighted by Crippen LogP contribution is 2.33. The molecule has 0 N–H and O–H groups in total. The molecular weight excluding hydrogens is 310 g/mol. The topological polar surface area (TPSA) is 38.2 Å². The molecule has 0 radical (unpaired) electrons. The van der Waals surface area contributed by atoms with Crippen molar-refractivity contribution in [3.63, 3.8) is 0 Å². The van der Waals surface area contributed by atoms with E-state index in [9.17, 15) is 0 Å². The number of morpholine rings is 1. The molecule has 4 rings (SSSR count). The summed E-state index contributed by atoms with van der Waals surface area (Å²) in [6, 6.07) is 11.3. The molecule has 2 atom stereocenters. The van der Waals surface area contributed by atoms with Gasteiger partial charge in [0, 0.05) is 30.5 Å². The second kappa shape index (κ2) is 6.40. The van der Waals surface area contributed by atoms with Crippen LogP contribution in [0, 0.1) is 0 Å². The third kappa shape index (κ3) is 3.15. The minimum absolute atomic E-state index is 0.291. The first-order valence-electron chi connectivity index (χ1n) is 7.85. The van der Waals surface area contributed by atoms with E-state index in [2.05, 4.69) is 51.3 Å². The van der Waals surface area contributed by atoms with Crippen LogP contribution in [-0.4, -0.2) is 40.2 Å². The molecule has 2 aliphatic rings. The van der Waals surface area contributed by atoms with Crippen LogP contribution in [0.4, 0.5) is 0 Å². The maximum absolute atomic E-state index is 5.79. The van der Waals surface area contributed by atoms with Gasteiger partial charge in [0.2, 0.25) is 5.28 Å². The summed E-state index contributed by atoms with van der Waals surface area (Å²) in [5.74, 6) is 0. The average Bonchev–Trinajstić information content (AvgIpc) is 2.56. The molecule has 3 heterocycles. The van der Waals surface area contributed by atoms with E-state index in [1.807, 2.05) is 12.4 Å². The highest BCUT2D eigenvalue weighted by Gasteiger charge is 2.34. The molecule has 2 aromatic rings. The molecule has 5 heteroatoms. The Hall–Kier alpha value is -1.75. The zero-order chi connectivity index (χ0) is 15.6. The van der Waals surface area contributed by atoms with Gasteiger partial charge in [-0.1, -0.05) is 36.4 Å². The van der Waals surface area contributed by atoms with Crippen molar-refractivity contribution >= 4 is 17.2 Å². The van der Waals surface area contributed by atoms with E-state index < -0.39 is 0 Å². The highest BCUT2D eigenvalue weighted by atomic mass is 35.5. The Labute approximate surface area is 140 Å². The molecular formula is C18H18ClN3O. The molecule has 0 spiro atoms. The van der Waals surface area contributed by atoms with Crippen molar-refractivity contribution in [1.29, 1.82) is 0 Å². The van der Waals surface area contributed by atoms with Crippen LogP contribution in [-0.2, 0) is 11.3 Å². The second-order valence-corrected chi connectivity index (χ2v) is 6.39. The first kappa shape index (κ1) is 14.8. The van der Waals surface area contributed by atoms with E-state index in [1.165, 1.54) is 11.1 Å². The molecule has 2 aliphatic heterocycles. The summed E-state index contributed by atoms with van der Waals surface area (Å²) in [6.45, 7) is 2.47. The standard InChI is InChI=1S/C18H18ClN3O/c19-18-20-8-15(9-21-18)14-6-16-11-23-12-17(7-14)22(16)10-13-4-2-1-3-5-13/h1-6,8-9,16-17H,7,10-12H2. The summed E-state index contributed by atoms with van der Waals surface area (Å²) in [5, 5.41) is 0.291. The summed E-state index contributed by atoms with van der Waals surface area (Å²) in [4.78, 5) is 10.7. The monoisotopic (exact) mass is 327 g/mol. The normalized spacial score (nSPS) is 24.3. The van der Waals surface area contributed by atoms with Crippen molar-refractivity contribution in [3.8, 4) is 0 Å². The zero-order valence-electron chi connectivity index (χ0n) is 12.7. The molecule has 2 bridgehead atoms. The van der Waals surface area contributed by atoms with Gasteiger partial charge in [0.05, 0.1) is 19.3 Å². The van der Waals surface area contributed by atoms with Crippen molar-refractivity contribution in [3.05, 3.63) is 65.2 Å². The number of hydrogen-bond acceptors (Lipinski definition) is 4. The van der Waals surface area contributed by atoms with Gasteiger partial charge in [-0.3, -0.25) is 4.90 Å². The van der Waals surface area contributed by atoms with Crippen LogP contribution >= 0.6 is 11.6 Å². The van der Waals surface area contributed by atoms with Crippen LogP contribution in [0.25, 0.3) is 5.57 Å². The number of hydrogen-bond donors (Lipinski definition) is 0. The quantitative estimate of drug-likeness (QED) is 0.812. The van der Waals surface area contributed by atoms with E-state index in [-0.39, 0.29) is 0 Å². The van der Waals surface area contributed by atoms with Crippen LogP contribution in [0.5, 0.6) is 0 Å². The fraction of sp³-hybridized carbons (Fsp3) is 0.333. The molecule has 0 aliphatic carbocycles. The van der Waals surface area contributed by atoms with Crippen molar-refractivity contribution < 1.29 is 4.74 Å². The van der Waals surface area contributed by atoms with Gasteiger partial charge in [-0.25, -0.2) is 9.97 Å². The molecule has 0 saturated carbocycles. The van der Waals surface area contributed by atoms with Gasteiger partial charge in [0.25, 0.3) is 0 Å². The van der Waals surface area contributed by atoms with Gasteiger partial charge in [0.15, 0.2) is 0 Å². The Morgan fingerprint density at radius 2 is 1.91 bits per heavy atom. The first-order valence-corrected chi connectivity index (χ1v) is 8.23. The van der Waals surface area contributed by atoms with Gasteiger partial charge < -0.3 is 4.74 Å². The summed E-state index contributed by atoms with van der Waals surface area (Å²) in [6.07, 6.45) is 6.87. The maximum atomic E-state index is 5.79. The minimum Gasteiger partial charge on any atom is -0.378 e. The SMILES string of the molecule is Clc1ncc(C2=CC3COCC(C2)N3Cc2ccccc2)cn1. The molecule has 4 nitrogen and oxygen atoms in total. The van der Waals surface area contributed by atoms with Gasteiger partial charge in [-0.2, -0.15) is 0 Å². The zero-order valence-corrected chi connectivity index (χ0v) is 13.5. The van der Waals surface area contributed by atoms with Gasteiger partial charge in [-0.05, 0) is 29.2 Å². The molecule has 1 aromatic heterocycles. The third-order valence-electron chi connectivity index (χ3n) is 4.54. The summed E-state index contributed by atoms with van der Waals surface area (Å²) in [5.41, 5.74) is 3.70. The van der Waals surface area contributed by atoms with Crippen molar-refractivity contribution in [1.82, 2.24) is 14.9 Å².